The quantitative estimate of drug-likeness (QED) is 0.0195. The molecule has 0 amide bonds. The Labute approximate surface area is 551 Å². The van der Waals surface area contributed by atoms with Gasteiger partial charge in [-0.25, -0.2) is 0 Å². The topological polar surface area (TPSA) is 111 Å². The SMILES string of the molecule is CC/C=C\C/C=C\C/C=C\C/C=C\C/C=C\C/C=C\C/C=C\C/C=C\CCCCC(=O)OC(COC(=O)CCCCCCCCCCCCCCCCCCCCCCCCCCCCCCCCCCCCCCCC)COP(=O)([O-])OCC[N+](C)(C)C. The van der Waals surface area contributed by atoms with Crippen molar-refractivity contribution in [1.82, 2.24) is 0 Å². The molecule has 0 radical (unpaired) electrons. The van der Waals surface area contributed by atoms with Crippen LogP contribution in [0.5, 0.6) is 0 Å². The highest BCUT2D eigenvalue weighted by Gasteiger charge is 2.22. The van der Waals surface area contributed by atoms with Gasteiger partial charge in [-0.2, -0.15) is 0 Å². The highest BCUT2D eigenvalue weighted by molar-refractivity contribution is 7.45. The summed E-state index contributed by atoms with van der Waals surface area (Å²) in [6.07, 6.45) is 96.8. The molecule has 0 saturated heterocycles. The number of unbranched alkanes of at least 4 members (excludes halogenated alkanes) is 39. The molecular formula is C79H142NO8P. The molecule has 0 aromatic carbocycles. The molecule has 0 heterocycles. The molecule has 9 nitrogen and oxygen atoms in total. The average Bonchev–Trinajstić information content (AvgIpc) is 3.60. The van der Waals surface area contributed by atoms with Crippen molar-refractivity contribution < 1.29 is 42.1 Å². The summed E-state index contributed by atoms with van der Waals surface area (Å²) < 4.78 is 34.3. The largest absolute Gasteiger partial charge is 0.756 e. The number of phosphoric ester groups is 1. The van der Waals surface area contributed by atoms with Gasteiger partial charge in [0.05, 0.1) is 27.7 Å². The first-order valence-electron chi connectivity index (χ1n) is 37.4. The molecule has 0 aliphatic carbocycles. The fourth-order valence-corrected chi connectivity index (χ4v) is 11.4. The summed E-state index contributed by atoms with van der Waals surface area (Å²) in [4.78, 5) is 38.1. The van der Waals surface area contributed by atoms with Crippen LogP contribution in [0.2, 0.25) is 0 Å². The second-order valence-corrected chi connectivity index (χ2v) is 27.7. The molecule has 0 aromatic heterocycles. The third kappa shape index (κ3) is 73.9. The number of rotatable bonds is 69. The first kappa shape index (κ1) is 85.9. The lowest BCUT2D eigenvalue weighted by atomic mass is 10.0. The fourth-order valence-electron chi connectivity index (χ4n) is 10.7. The number of allylic oxidation sites excluding steroid dienone is 16. The molecule has 0 bridgehead atoms. The van der Waals surface area contributed by atoms with Crippen molar-refractivity contribution in [2.45, 2.75) is 347 Å². The van der Waals surface area contributed by atoms with Crippen molar-refractivity contribution in [3.05, 3.63) is 97.2 Å². The standard InChI is InChI=1S/C79H142NO8P/c1-6-8-10-12-14-16-18-20-22-24-26-28-30-32-34-35-36-37-38-39-40-41-42-43-44-46-47-49-51-53-55-57-59-61-63-65-67-69-71-78(81)85-75-77(76-87-89(83,84)86-74-73-80(3,4)5)88-79(82)72-70-68-66-64-62-60-58-56-54-52-50-48-45-33-31-29-27-25-23-21-19-17-15-13-11-9-7-2/h9,11,15,17,21,23,27,29,33,45,50,52,56,58,62,64,77H,6-8,10,12-14,16,18-20,22,24-26,28,30-32,34-44,46-49,51,53-55,57,59-61,63,65-76H2,1-5H3/b11-9-,17-15-,23-21-,29-27-,45-33-,52-50-,58-56-,64-62-. The molecule has 10 heteroatoms. The monoisotopic (exact) mass is 1260 g/mol. The zero-order valence-electron chi connectivity index (χ0n) is 58.9. The van der Waals surface area contributed by atoms with Gasteiger partial charge in [-0.05, 0) is 77.0 Å². The highest BCUT2D eigenvalue weighted by Crippen LogP contribution is 2.38. The number of likely N-dealkylation sites (N-methyl/N-ethyl adjacent to an activating group) is 1. The Hall–Kier alpha value is -3.07. The van der Waals surface area contributed by atoms with Crippen LogP contribution in [-0.4, -0.2) is 70.0 Å². The summed E-state index contributed by atoms with van der Waals surface area (Å²) in [5.41, 5.74) is 0. The number of hydrogen-bond donors (Lipinski definition) is 0. The number of hydrogen-bond acceptors (Lipinski definition) is 8. The third-order valence-electron chi connectivity index (χ3n) is 16.4. The van der Waals surface area contributed by atoms with E-state index in [0.717, 1.165) is 83.5 Å². The highest BCUT2D eigenvalue weighted by atomic mass is 31.2. The van der Waals surface area contributed by atoms with E-state index in [1.54, 1.807) is 0 Å². The number of quaternary nitrogens is 1. The predicted octanol–water partition coefficient (Wildman–Crippen LogP) is 24.0. The van der Waals surface area contributed by atoms with Crippen LogP contribution in [0, 0.1) is 0 Å². The predicted molar refractivity (Wildman–Crippen MR) is 383 cm³/mol. The molecule has 2 unspecified atom stereocenters. The van der Waals surface area contributed by atoms with E-state index < -0.39 is 32.5 Å². The molecule has 516 valence electrons. The van der Waals surface area contributed by atoms with Gasteiger partial charge in [0.1, 0.15) is 19.8 Å². The number of carbonyl (C=O) groups excluding carboxylic acids is 2. The van der Waals surface area contributed by atoms with Gasteiger partial charge >= 0.3 is 11.9 Å². The molecule has 89 heavy (non-hydrogen) atoms. The Morgan fingerprint density at radius 3 is 0.955 bits per heavy atom. The van der Waals surface area contributed by atoms with Crippen LogP contribution in [0.3, 0.4) is 0 Å². The minimum Gasteiger partial charge on any atom is -0.756 e. The van der Waals surface area contributed by atoms with E-state index in [0.29, 0.717) is 17.4 Å². The van der Waals surface area contributed by atoms with Crippen LogP contribution >= 0.6 is 7.82 Å². The summed E-state index contributed by atoms with van der Waals surface area (Å²) in [6.45, 7) is 4.11. The van der Waals surface area contributed by atoms with Crippen molar-refractivity contribution in [2.75, 3.05) is 47.5 Å². The minimum absolute atomic E-state index is 0.0431. The number of ether oxygens (including phenoxy) is 2. The summed E-state index contributed by atoms with van der Waals surface area (Å²) in [5.74, 6) is -0.878. The maximum atomic E-state index is 12.8. The van der Waals surface area contributed by atoms with Crippen LogP contribution in [0.25, 0.3) is 0 Å². The summed E-state index contributed by atoms with van der Waals surface area (Å²) in [6, 6.07) is 0. The molecule has 0 saturated carbocycles. The van der Waals surface area contributed by atoms with Gasteiger partial charge in [0.25, 0.3) is 7.82 Å². The second-order valence-electron chi connectivity index (χ2n) is 26.3. The van der Waals surface area contributed by atoms with E-state index in [1.165, 1.54) is 225 Å². The zero-order chi connectivity index (χ0) is 64.8. The summed E-state index contributed by atoms with van der Waals surface area (Å²) in [7, 11) is 1.14. The summed E-state index contributed by atoms with van der Waals surface area (Å²) >= 11 is 0. The molecule has 0 aromatic rings. The van der Waals surface area contributed by atoms with Crippen molar-refractivity contribution in [2.24, 2.45) is 0 Å². The van der Waals surface area contributed by atoms with Crippen LogP contribution in [0.15, 0.2) is 97.2 Å². The van der Waals surface area contributed by atoms with Gasteiger partial charge in [-0.1, -0.05) is 349 Å². The smallest absolute Gasteiger partial charge is 0.306 e. The molecule has 0 rings (SSSR count). The Morgan fingerprint density at radius 2 is 0.640 bits per heavy atom. The number of carbonyl (C=O) groups is 2. The molecule has 2 atom stereocenters. The minimum atomic E-state index is -4.66. The molecular weight excluding hydrogens is 1120 g/mol. The molecule has 0 fully saturated rings. The van der Waals surface area contributed by atoms with E-state index in [4.69, 9.17) is 18.5 Å². The van der Waals surface area contributed by atoms with Crippen molar-refractivity contribution >= 4 is 19.8 Å². The maximum absolute atomic E-state index is 12.8. The van der Waals surface area contributed by atoms with Crippen molar-refractivity contribution in [1.29, 1.82) is 0 Å². The zero-order valence-corrected chi connectivity index (χ0v) is 59.8. The molecule has 0 N–H and O–H groups in total. The van der Waals surface area contributed by atoms with Crippen LogP contribution in [0.4, 0.5) is 0 Å². The van der Waals surface area contributed by atoms with Crippen LogP contribution in [0.1, 0.15) is 341 Å². The Balaban J connectivity index is 4.01. The summed E-state index contributed by atoms with van der Waals surface area (Å²) in [5, 5.41) is 0. The van der Waals surface area contributed by atoms with Crippen molar-refractivity contribution in [3.63, 3.8) is 0 Å². The lowest BCUT2D eigenvalue weighted by Crippen LogP contribution is -2.37. The van der Waals surface area contributed by atoms with E-state index in [2.05, 4.69) is 111 Å². The Kier molecular flexibility index (Phi) is 66.9. The number of esters is 2. The lowest BCUT2D eigenvalue weighted by Gasteiger charge is -2.28. The van der Waals surface area contributed by atoms with E-state index in [-0.39, 0.29) is 26.1 Å². The van der Waals surface area contributed by atoms with E-state index in [1.807, 2.05) is 21.1 Å². The van der Waals surface area contributed by atoms with Gasteiger partial charge in [-0.3, -0.25) is 14.2 Å². The van der Waals surface area contributed by atoms with Gasteiger partial charge in [0, 0.05) is 12.8 Å². The van der Waals surface area contributed by atoms with E-state index in [9.17, 15) is 19.0 Å². The maximum Gasteiger partial charge on any atom is 0.306 e. The second kappa shape index (κ2) is 69.3. The fraction of sp³-hybridized carbons (Fsp3) is 0.772. The average molecular weight is 1260 g/mol. The van der Waals surface area contributed by atoms with Crippen LogP contribution < -0.4 is 4.89 Å². The molecule has 0 aliphatic heterocycles. The van der Waals surface area contributed by atoms with Gasteiger partial charge in [0.2, 0.25) is 0 Å². The third-order valence-corrected chi connectivity index (χ3v) is 17.3. The van der Waals surface area contributed by atoms with E-state index >= 15 is 0 Å². The van der Waals surface area contributed by atoms with Gasteiger partial charge < -0.3 is 27.9 Å². The number of nitrogens with zero attached hydrogens (tertiary/aromatic N) is 1. The Morgan fingerprint density at radius 1 is 0.360 bits per heavy atom. The van der Waals surface area contributed by atoms with Gasteiger partial charge in [0.15, 0.2) is 6.10 Å². The normalized spacial score (nSPS) is 13.6. The molecule has 0 aliphatic rings. The lowest BCUT2D eigenvalue weighted by molar-refractivity contribution is -0.870. The first-order valence-corrected chi connectivity index (χ1v) is 38.9. The molecule has 0 spiro atoms. The van der Waals surface area contributed by atoms with Crippen molar-refractivity contribution in [3.8, 4) is 0 Å². The van der Waals surface area contributed by atoms with Gasteiger partial charge in [-0.15, -0.1) is 0 Å². The Bertz CT molecular complexity index is 1820. The number of phosphoric acid groups is 1. The van der Waals surface area contributed by atoms with Crippen LogP contribution in [-0.2, 0) is 32.7 Å². The first-order chi connectivity index (χ1) is 43.5.